The van der Waals surface area contributed by atoms with Gasteiger partial charge in [-0.05, 0) is 18.8 Å². The molecule has 2 atom stereocenters. The Balaban J connectivity index is 2.55. The van der Waals surface area contributed by atoms with Crippen molar-refractivity contribution in [3.05, 3.63) is 12.2 Å². The van der Waals surface area contributed by atoms with Crippen molar-refractivity contribution in [2.75, 3.05) is 6.61 Å². The van der Waals surface area contributed by atoms with Crippen LogP contribution in [0.2, 0.25) is 0 Å². The van der Waals surface area contributed by atoms with Crippen LogP contribution < -0.4 is 0 Å². The summed E-state index contributed by atoms with van der Waals surface area (Å²) in [7, 11) is 0. The van der Waals surface area contributed by atoms with Gasteiger partial charge in [0, 0.05) is 12.5 Å². The molecule has 0 amide bonds. The van der Waals surface area contributed by atoms with E-state index in [-0.39, 0.29) is 0 Å². The van der Waals surface area contributed by atoms with Gasteiger partial charge in [-0.3, -0.25) is 0 Å². The highest BCUT2D eigenvalue weighted by atomic mass is 16.3. The van der Waals surface area contributed by atoms with Crippen molar-refractivity contribution >= 4 is 0 Å². The largest absolute Gasteiger partial charge is 0.396 e. The molecule has 1 rings (SSSR count). The third kappa shape index (κ3) is 1.16. The van der Waals surface area contributed by atoms with Crippen LogP contribution in [-0.2, 0) is 0 Å². The lowest BCUT2D eigenvalue weighted by Crippen LogP contribution is -2.09. The molecule has 1 fully saturated rings. The number of rotatable bonds is 1. The van der Waals surface area contributed by atoms with Crippen LogP contribution in [-0.4, -0.2) is 11.7 Å². The number of aliphatic hydroxyl groups excluding tert-OH is 1. The predicted molar refractivity (Wildman–Crippen MR) is 38.1 cm³/mol. The molecular formula is C8H14O. The second kappa shape index (κ2) is 2.53. The van der Waals surface area contributed by atoms with Crippen LogP contribution >= 0.6 is 0 Å². The molecule has 1 saturated carbocycles. The van der Waals surface area contributed by atoms with Crippen molar-refractivity contribution < 1.29 is 5.11 Å². The van der Waals surface area contributed by atoms with Crippen molar-refractivity contribution in [3.63, 3.8) is 0 Å². The maximum atomic E-state index is 8.85. The molecule has 0 aromatic heterocycles. The summed E-state index contributed by atoms with van der Waals surface area (Å²) < 4.78 is 0. The fraction of sp³-hybridized carbons (Fsp3) is 0.750. The van der Waals surface area contributed by atoms with Gasteiger partial charge in [-0.1, -0.05) is 19.1 Å². The van der Waals surface area contributed by atoms with Gasteiger partial charge >= 0.3 is 0 Å². The first-order valence-corrected chi connectivity index (χ1v) is 3.54. The summed E-state index contributed by atoms with van der Waals surface area (Å²) >= 11 is 0. The van der Waals surface area contributed by atoms with Crippen LogP contribution in [0, 0.1) is 11.8 Å². The molecule has 1 N–H and O–H groups in total. The maximum absolute atomic E-state index is 8.85. The second-order valence-corrected chi connectivity index (χ2v) is 2.96. The average molecular weight is 126 g/mol. The standard InChI is InChI=1S/C8H14O/c1-6-3-4-7(2)8(6)5-9/h7-9H,1,3-5H2,2H3. The Bertz CT molecular complexity index is 118. The van der Waals surface area contributed by atoms with E-state index in [0.29, 0.717) is 18.4 Å². The van der Waals surface area contributed by atoms with Gasteiger partial charge in [0.05, 0.1) is 0 Å². The lowest BCUT2D eigenvalue weighted by Gasteiger charge is -2.11. The smallest absolute Gasteiger partial charge is 0.0498 e. The molecule has 1 aliphatic carbocycles. The molecule has 0 heterocycles. The number of aliphatic hydroxyl groups is 1. The van der Waals surface area contributed by atoms with Crippen LogP contribution in [0.3, 0.4) is 0 Å². The van der Waals surface area contributed by atoms with Crippen molar-refractivity contribution in [1.82, 2.24) is 0 Å². The average Bonchev–Trinajstić information content (AvgIpc) is 2.12. The highest BCUT2D eigenvalue weighted by Crippen LogP contribution is 2.34. The van der Waals surface area contributed by atoms with Gasteiger partial charge < -0.3 is 5.11 Å². The third-order valence-corrected chi connectivity index (χ3v) is 2.33. The molecule has 2 unspecified atom stereocenters. The highest BCUT2D eigenvalue weighted by Gasteiger charge is 2.25. The van der Waals surface area contributed by atoms with Crippen LogP contribution in [0.1, 0.15) is 19.8 Å². The van der Waals surface area contributed by atoms with E-state index in [1.807, 2.05) is 0 Å². The predicted octanol–water partition coefficient (Wildman–Crippen LogP) is 1.58. The molecule has 0 saturated heterocycles. The first-order chi connectivity index (χ1) is 4.25. The molecule has 1 aliphatic rings. The summed E-state index contributed by atoms with van der Waals surface area (Å²) in [6.45, 7) is 6.37. The maximum Gasteiger partial charge on any atom is 0.0498 e. The van der Waals surface area contributed by atoms with Gasteiger partial charge in [0.2, 0.25) is 0 Å². The first-order valence-electron chi connectivity index (χ1n) is 3.54. The molecule has 1 heteroatoms. The van der Waals surface area contributed by atoms with E-state index in [4.69, 9.17) is 5.11 Å². The van der Waals surface area contributed by atoms with Gasteiger partial charge in [-0.2, -0.15) is 0 Å². The van der Waals surface area contributed by atoms with Gasteiger partial charge in [0.1, 0.15) is 0 Å². The van der Waals surface area contributed by atoms with E-state index in [9.17, 15) is 0 Å². The van der Waals surface area contributed by atoms with Crippen molar-refractivity contribution in [2.24, 2.45) is 11.8 Å². The lowest BCUT2D eigenvalue weighted by molar-refractivity contribution is 0.222. The molecule has 0 bridgehead atoms. The molecule has 0 aromatic carbocycles. The van der Waals surface area contributed by atoms with E-state index in [2.05, 4.69) is 13.5 Å². The SMILES string of the molecule is C=C1CCC(C)C1CO. The Hall–Kier alpha value is -0.300. The van der Waals surface area contributed by atoms with E-state index in [1.165, 1.54) is 12.0 Å². The fourth-order valence-corrected chi connectivity index (χ4v) is 1.51. The van der Waals surface area contributed by atoms with Crippen LogP contribution in [0.15, 0.2) is 12.2 Å². The summed E-state index contributed by atoms with van der Waals surface area (Å²) in [5.41, 5.74) is 1.24. The zero-order chi connectivity index (χ0) is 6.85. The Morgan fingerprint density at radius 2 is 2.44 bits per heavy atom. The van der Waals surface area contributed by atoms with Crippen molar-refractivity contribution in [3.8, 4) is 0 Å². The van der Waals surface area contributed by atoms with Crippen LogP contribution in [0.25, 0.3) is 0 Å². The minimum atomic E-state index is 0.292. The summed E-state index contributed by atoms with van der Waals surface area (Å²) in [4.78, 5) is 0. The van der Waals surface area contributed by atoms with E-state index in [0.717, 1.165) is 6.42 Å². The van der Waals surface area contributed by atoms with Crippen molar-refractivity contribution in [2.45, 2.75) is 19.8 Å². The topological polar surface area (TPSA) is 20.2 Å². The molecular weight excluding hydrogens is 112 g/mol. The van der Waals surface area contributed by atoms with Gasteiger partial charge in [0.25, 0.3) is 0 Å². The zero-order valence-corrected chi connectivity index (χ0v) is 5.93. The van der Waals surface area contributed by atoms with Crippen LogP contribution in [0.5, 0.6) is 0 Å². The zero-order valence-electron chi connectivity index (χ0n) is 5.93. The van der Waals surface area contributed by atoms with Crippen molar-refractivity contribution in [1.29, 1.82) is 0 Å². The normalized spacial score (nSPS) is 35.6. The second-order valence-electron chi connectivity index (χ2n) is 2.96. The summed E-state index contributed by atoms with van der Waals surface area (Å²) in [6, 6.07) is 0. The Morgan fingerprint density at radius 3 is 2.67 bits per heavy atom. The minimum absolute atomic E-state index is 0.292. The molecule has 52 valence electrons. The summed E-state index contributed by atoms with van der Waals surface area (Å²) in [6.07, 6.45) is 2.33. The molecule has 0 aliphatic heterocycles. The molecule has 0 radical (unpaired) electrons. The third-order valence-electron chi connectivity index (χ3n) is 2.33. The lowest BCUT2D eigenvalue weighted by atomic mass is 9.97. The number of hydrogen-bond donors (Lipinski definition) is 1. The van der Waals surface area contributed by atoms with E-state index >= 15 is 0 Å². The van der Waals surface area contributed by atoms with Crippen LogP contribution in [0.4, 0.5) is 0 Å². The summed E-state index contributed by atoms with van der Waals surface area (Å²) in [5, 5.41) is 8.85. The van der Waals surface area contributed by atoms with Gasteiger partial charge in [-0.25, -0.2) is 0 Å². The quantitative estimate of drug-likeness (QED) is 0.529. The first kappa shape index (κ1) is 6.81. The van der Waals surface area contributed by atoms with Gasteiger partial charge in [0.15, 0.2) is 0 Å². The fourth-order valence-electron chi connectivity index (χ4n) is 1.51. The Kier molecular flexibility index (Phi) is 1.91. The Morgan fingerprint density at radius 1 is 1.78 bits per heavy atom. The molecule has 9 heavy (non-hydrogen) atoms. The van der Waals surface area contributed by atoms with E-state index < -0.39 is 0 Å². The van der Waals surface area contributed by atoms with E-state index in [1.54, 1.807) is 0 Å². The Labute approximate surface area is 56.4 Å². The minimum Gasteiger partial charge on any atom is -0.396 e. The monoisotopic (exact) mass is 126 g/mol. The van der Waals surface area contributed by atoms with Gasteiger partial charge in [-0.15, -0.1) is 0 Å². The highest BCUT2D eigenvalue weighted by molar-refractivity contribution is 5.07. The molecule has 0 spiro atoms. The molecule has 1 nitrogen and oxygen atoms in total. The molecule has 0 aromatic rings. The summed E-state index contributed by atoms with van der Waals surface area (Å²) in [5.74, 6) is 1.05. The number of hydrogen-bond acceptors (Lipinski definition) is 1.